The predicted octanol–water partition coefficient (Wildman–Crippen LogP) is 4.21. The second-order valence-electron chi connectivity index (χ2n) is 3.99. The minimum Gasteiger partial charge on any atom is -0.490 e. The van der Waals surface area contributed by atoms with E-state index in [0.29, 0.717) is 17.7 Å². The average Bonchev–Trinajstić information content (AvgIpc) is 2.28. The highest BCUT2D eigenvalue weighted by Gasteiger charge is 2.23. The van der Waals surface area contributed by atoms with Crippen molar-refractivity contribution in [3.05, 3.63) is 30.3 Å². The molecular weight excluding hydrogens is 271 g/mol. The van der Waals surface area contributed by atoms with Crippen molar-refractivity contribution >= 4 is 29.3 Å². The van der Waals surface area contributed by atoms with E-state index in [2.05, 4.69) is 6.58 Å². The summed E-state index contributed by atoms with van der Waals surface area (Å²) in [4.78, 5) is 0. The zero-order valence-corrected chi connectivity index (χ0v) is 12.5. The number of hydrogen-bond acceptors (Lipinski definition) is 3. The first-order valence-electron chi connectivity index (χ1n) is 5.78. The fourth-order valence-electron chi connectivity index (χ4n) is 1.46. The van der Waals surface area contributed by atoms with E-state index in [1.165, 1.54) is 0 Å². The number of hydrogen-bond donors (Lipinski definition) is 0. The Balaban J connectivity index is 3.13. The molecule has 3 nitrogen and oxygen atoms in total. The molecule has 0 saturated carbocycles. The summed E-state index contributed by atoms with van der Waals surface area (Å²) in [6, 6.07) is 5.09. The summed E-state index contributed by atoms with van der Waals surface area (Å²) in [6.45, 7) is 6.37. The number of ether oxygens (including phenoxy) is 1. The molecule has 0 saturated heterocycles. The molecule has 0 aliphatic heterocycles. The lowest BCUT2D eigenvalue weighted by Crippen LogP contribution is -2.09. The first-order chi connectivity index (χ1) is 8.40. The molecule has 0 aliphatic carbocycles. The summed E-state index contributed by atoms with van der Waals surface area (Å²) in [5, 5.41) is 0.456. The molecule has 1 atom stereocenters. The van der Waals surface area contributed by atoms with E-state index in [4.69, 9.17) is 20.5 Å². The topological polar surface area (TPSA) is 35.5 Å². The van der Waals surface area contributed by atoms with Gasteiger partial charge in [-0.25, -0.2) is 0 Å². The molecule has 1 rings (SSSR count). The summed E-state index contributed by atoms with van der Waals surface area (Å²) in [6.07, 6.45) is 1.70. The normalized spacial score (nSPS) is 14.3. The van der Waals surface area contributed by atoms with E-state index < -0.39 is 6.72 Å². The maximum atomic E-state index is 12.1. The molecule has 100 valence electrons. The quantitative estimate of drug-likeness (QED) is 0.736. The Labute approximate surface area is 113 Å². The van der Waals surface area contributed by atoms with Crippen LogP contribution in [-0.4, -0.2) is 12.7 Å². The first-order valence-corrected chi connectivity index (χ1v) is 8.31. The summed E-state index contributed by atoms with van der Waals surface area (Å²) < 4.78 is 22.8. The van der Waals surface area contributed by atoms with Gasteiger partial charge < -0.3 is 9.26 Å². The van der Waals surface area contributed by atoms with Crippen LogP contribution in [0, 0.1) is 0 Å². The third-order valence-electron chi connectivity index (χ3n) is 2.18. The molecular formula is C13H18ClO3P. The number of rotatable bonds is 6. The Morgan fingerprint density at radius 2 is 2.17 bits per heavy atom. The van der Waals surface area contributed by atoms with Crippen molar-refractivity contribution in [3.63, 3.8) is 0 Å². The van der Waals surface area contributed by atoms with Crippen molar-refractivity contribution in [1.82, 2.24) is 0 Å². The van der Waals surface area contributed by atoms with Gasteiger partial charge in [0.2, 0.25) is 0 Å². The molecule has 18 heavy (non-hydrogen) atoms. The highest BCUT2D eigenvalue weighted by molar-refractivity contribution is 7.91. The van der Waals surface area contributed by atoms with E-state index in [1.54, 1.807) is 31.2 Å². The highest BCUT2D eigenvalue weighted by Crippen LogP contribution is 2.51. The number of halogens is 1. The molecule has 0 radical (unpaired) electrons. The maximum absolute atomic E-state index is 12.1. The van der Waals surface area contributed by atoms with Gasteiger partial charge in [0, 0.05) is 5.56 Å². The second-order valence-corrected chi connectivity index (χ2v) is 7.06. The largest absolute Gasteiger partial charge is 0.490 e. The fraction of sp³-hybridized carbons (Fsp3) is 0.385. The van der Waals surface area contributed by atoms with Crippen LogP contribution in [0.3, 0.4) is 0 Å². The molecule has 0 amide bonds. The Hall–Kier alpha value is -0.760. The standard InChI is InChI=1S/C13H18ClO3P/c1-5-11-9-12(18(14,15)16-6-2)7-8-13(11)17-10(3)4/h5,7-10H,1,6H2,2-4H3. The lowest BCUT2D eigenvalue weighted by Gasteiger charge is -2.15. The summed E-state index contributed by atoms with van der Waals surface area (Å²) >= 11 is 5.91. The van der Waals surface area contributed by atoms with Crippen molar-refractivity contribution in [2.45, 2.75) is 26.9 Å². The van der Waals surface area contributed by atoms with E-state index in [1.807, 2.05) is 13.8 Å². The Morgan fingerprint density at radius 3 is 2.67 bits per heavy atom. The molecule has 0 N–H and O–H groups in total. The van der Waals surface area contributed by atoms with Crippen LogP contribution in [0.1, 0.15) is 26.3 Å². The van der Waals surface area contributed by atoms with Crippen LogP contribution in [0.25, 0.3) is 6.08 Å². The lowest BCUT2D eigenvalue weighted by molar-refractivity contribution is 0.242. The molecule has 1 aromatic rings. The zero-order valence-electron chi connectivity index (χ0n) is 10.9. The van der Waals surface area contributed by atoms with Crippen LogP contribution >= 0.6 is 18.0 Å². The fourth-order valence-corrected chi connectivity index (χ4v) is 3.10. The Bertz CT molecular complexity index is 471. The zero-order chi connectivity index (χ0) is 13.8. The van der Waals surface area contributed by atoms with E-state index in [9.17, 15) is 4.57 Å². The SMILES string of the molecule is C=Cc1cc(P(=O)(Cl)OCC)ccc1OC(C)C. The molecule has 1 aromatic carbocycles. The van der Waals surface area contributed by atoms with Gasteiger partial charge in [-0.15, -0.1) is 0 Å². The minimum absolute atomic E-state index is 0.0595. The van der Waals surface area contributed by atoms with E-state index in [-0.39, 0.29) is 6.10 Å². The lowest BCUT2D eigenvalue weighted by atomic mass is 10.2. The third-order valence-corrected chi connectivity index (χ3v) is 4.54. The van der Waals surface area contributed by atoms with Crippen LogP contribution in [0.5, 0.6) is 5.75 Å². The van der Waals surface area contributed by atoms with Crippen molar-refractivity contribution in [1.29, 1.82) is 0 Å². The first kappa shape index (κ1) is 15.3. The average molecular weight is 289 g/mol. The van der Waals surface area contributed by atoms with Gasteiger partial charge in [0.15, 0.2) is 0 Å². The Morgan fingerprint density at radius 1 is 1.50 bits per heavy atom. The molecule has 0 heterocycles. The van der Waals surface area contributed by atoms with Gasteiger partial charge in [-0.3, -0.25) is 4.57 Å². The molecule has 5 heteroatoms. The van der Waals surface area contributed by atoms with Crippen molar-refractivity contribution in [3.8, 4) is 5.75 Å². The van der Waals surface area contributed by atoms with Crippen molar-refractivity contribution < 1.29 is 13.8 Å². The third kappa shape index (κ3) is 3.88. The van der Waals surface area contributed by atoms with Gasteiger partial charge in [0.1, 0.15) is 5.75 Å². The van der Waals surface area contributed by atoms with Crippen LogP contribution in [-0.2, 0) is 9.09 Å². The monoisotopic (exact) mass is 288 g/mol. The van der Waals surface area contributed by atoms with Crippen molar-refractivity contribution in [2.24, 2.45) is 0 Å². The van der Waals surface area contributed by atoms with Crippen LogP contribution in [0.15, 0.2) is 24.8 Å². The van der Waals surface area contributed by atoms with Gasteiger partial charge in [0.05, 0.1) is 18.0 Å². The Kier molecular flexibility index (Phi) is 5.46. The second kappa shape index (κ2) is 6.42. The smallest absolute Gasteiger partial charge is 0.319 e. The van der Waals surface area contributed by atoms with Crippen molar-refractivity contribution in [2.75, 3.05) is 6.61 Å². The predicted molar refractivity (Wildman–Crippen MR) is 77.0 cm³/mol. The molecule has 0 spiro atoms. The summed E-state index contributed by atoms with van der Waals surface area (Å²) in [5.41, 5.74) is 0.752. The highest BCUT2D eigenvalue weighted by atomic mass is 35.7. The van der Waals surface area contributed by atoms with Gasteiger partial charge in [0.25, 0.3) is 0 Å². The van der Waals surface area contributed by atoms with Gasteiger partial charge in [-0.1, -0.05) is 12.7 Å². The number of benzene rings is 1. The van der Waals surface area contributed by atoms with Gasteiger partial charge in [-0.05, 0) is 50.2 Å². The molecule has 0 bridgehead atoms. The molecule has 0 aromatic heterocycles. The molecule has 0 fully saturated rings. The summed E-state index contributed by atoms with van der Waals surface area (Å²) in [5.74, 6) is 0.692. The van der Waals surface area contributed by atoms with E-state index >= 15 is 0 Å². The van der Waals surface area contributed by atoms with Crippen LogP contribution in [0.2, 0.25) is 0 Å². The summed E-state index contributed by atoms with van der Waals surface area (Å²) in [7, 11) is 0. The van der Waals surface area contributed by atoms with Crippen LogP contribution < -0.4 is 10.0 Å². The maximum Gasteiger partial charge on any atom is 0.319 e. The molecule has 1 unspecified atom stereocenters. The van der Waals surface area contributed by atoms with E-state index in [0.717, 1.165) is 5.56 Å². The van der Waals surface area contributed by atoms with Gasteiger partial charge >= 0.3 is 6.72 Å². The van der Waals surface area contributed by atoms with Crippen LogP contribution in [0.4, 0.5) is 0 Å². The molecule has 0 aliphatic rings. The minimum atomic E-state index is -3.27. The van der Waals surface area contributed by atoms with Gasteiger partial charge in [-0.2, -0.15) is 0 Å².